The van der Waals surface area contributed by atoms with Gasteiger partial charge in [0.1, 0.15) is 5.54 Å². The third-order valence-corrected chi connectivity index (χ3v) is 3.29. The highest BCUT2D eigenvalue weighted by Crippen LogP contribution is 2.16. The van der Waals surface area contributed by atoms with Gasteiger partial charge in [-0.2, -0.15) is 0 Å². The molecule has 0 radical (unpaired) electrons. The van der Waals surface area contributed by atoms with Gasteiger partial charge in [-0.1, -0.05) is 30.3 Å². The van der Waals surface area contributed by atoms with Gasteiger partial charge < -0.3 is 10.0 Å². The molecule has 0 unspecified atom stereocenters. The number of carbonyl (C=O) groups excluding carboxylic acids is 1. The summed E-state index contributed by atoms with van der Waals surface area (Å²) in [5.41, 5.74) is -0.0808. The van der Waals surface area contributed by atoms with Crippen LogP contribution in [0.1, 0.15) is 32.8 Å². The molecule has 1 amide bonds. The topological polar surface area (TPSA) is 57.6 Å². The second kappa shape index (κ2) is 6.36. The molecule has 0 bridgehead atoms. The van der Waals surface area contributed by atoms with Gasteiger partial charge in [0.2, 0.25) is 5.91 Å². The Morgan fingerprint density at radius 1 is 1.21 bits per heavy atom. The van der Waals surface area contributed by atoms with Gasteiger partial charge in [-0.05, 0) is 32.8 Å². The maximum atomic E-state index is 12.2. The molecule has 0 atom stereocenters. The summed E-state index contributed by atoms with van der Waals surface area (Å²) < 4.78 is 0. The van der Waals surface area contributed by atoms with Crippen molar-refractivity contribution in [1.82, 2.24) is 4.90 Å². The van der Waals surface area contributed by atoms with Crippen LogP contribution in [0.5, 0.6) is 0 Å². The molecule has 1 rings (SSSR count). The maximum Gasteiger partial charge on any atom is 0.329 e. The van der Waals surface area contributed by atoms with Gasteiger partial charge in [-0.25, -0.2) is 4.79 Å². The maximum absolute atomic E-state index is 12.2. The van der Waals surface area contributed by atoms with E-state index < -0.39 is 11.5 Å². The molecule has 0 aliphatic carbocycles. The van der Waals surface area contributed by atoms with Crippen LogP contribution >= 0.6 is 0 Å². The Morgan fingerprint density at radius 3 is 2.26 bits per heavy atom. The van der Waals surface area contributed by atoms with Crippen molar-refractivity contribution in [3.8, 4) is 0 Å². The van der Waals surface area contributed by atoms with Crippen LogP contribution in [0, 0.1) is 0 Å². The highest BCUT2D eigenvalue weighted by Gasteiger charge is 2.36. The number of carbonyl (C=O) groups is 2. The van der Waals surface area contributed by atoms with Gasteiger partial charge in [0.25, 0.3) is 0 Å². The van der Waals surface area contributed by atoms with Crippen LogP contribution in [0.15, 0.2) is 30.3 Å². The number of carboxylic acid groups (broad SMARTS) is 1. The number of aliphatic carboxylic acids is 1. The van der Waals surface area contributed by atoms with E-state index in [0.29, 0.717) is 19.4 Å². The molecular weight excluding hydrogens is 242 g/mol. The van der Waals surface area contributed by atoms with E-state index in [-0.39, 0.29) is 5.91 Å². The van der Waals surface area contributed by atoms with Crippen molar-refractivity contribution < 1.29 is 14.7 Å². The summed E-state index contributed by atoms with van der Waals surface area (Å²) in [5, 5.41) is 9.18. The molecule has 0 heterocycles. The van der Waals surface area contributed by atoms with E-state index in [2.05, 4.69) is 0 Å². The first kappa shape index (κ1) is 15.2. The molecular formula is C15H21NO3. The molecule has 0 spiro atoms. The average molecular weight is 263 g/mol. The smallest absolute Gasteiger partial charge is 0.329 e. The summed E-state index contributed by atoms with van der Waals surface area (Å²) in [7, 11) is 0. The quantitative estimate of drug-likeness (QED) is 0.857. The van der Waals surface area contributed by atoms with E-state index in [9.17, 15) is 14.7 Å². The second-order valence-electron chi connectivity index (χ2n) is 4.99. The minimum absolute atomic E-state index is 0.126. The Morgan fingerprint density at radius 2 is 1.79 bits per heavy atom. The third kappa shape index (κ3) is 3.81. The van der Waals surface area contributed by atoms with Crippen LogP contribution in [0.4, 0.5) is 0 Å². The first-order valence-electron chi connectivity index (χ1n) is 6.47. The number of carboxylic acids is 1. The van der Waals surface area contributed by atoms with Gasteiger partial charge in [0.15, 0.2) is 0 Å². The Labute approximate surface area is 114 Å². The Kier molecular flexibility index (Phi) is 5.10. The van der Waals surface area contributed by atoms with Crippen molar-refractivity contribution in [3.63, 3.8) is 0 Å². The predicted octanol–water partition coefficient (Wildman–Crippen LogP) is 2.33. The van der Waals surface area contributed by atoms with E-state index >= 15 is 0 Å². The fourth-order valence-electron chi connectivity index (χ4n) is 2.03. The average Bonchev–Trinajstić information content (AvgIpc) is 2.38. The highest BCUT2D eigenvalue weighted by molar-refractivity contribution is 5.86. The van der Waals surface area contributed by atoms with Crippen molar-refractivity contribution in [3.05, 3.63) is 35.9 Å². The monoisotopic (exact) mass is 263 g/mol. The number of likely N-dealkylation sites (N-methyl/N-ethyl adjacent to an activating group) is 1. The molecule has 0 fully saturated rings. The molecule has 4 heteroatoms. The molecule has 0 aliphatic rings. The van der Waals surface area contributed by atoms with E-state index in [1.807, 2.05) is 30.3 Å². The SMILES string of the molecule is CCN(C(=O)CCc1ccccc1)C(C)(C)C(=O)O. The van der Waals surface area contributed by atoms with Crippen molar-refractivity contribution in [2.45, 2.75) is 39.2 Å². The molecule has 1 aromatic rings. The molecule has 19 heavy (non-hydrogen) atoms. The number of nitrogens with zero attached hydrogens (tertiary/aromatic N) is 1. The van der Waals surface area contributed by atoms with Crippen molar-refractivity contribution in [2.24, 2.45) is 0 Å². The molecule has 1 aromatic carbocycles. The molecule has 4 nitrogen and oxygen atoms in total. The first-order chi connectivity index (χ1) is 8.89. The van der Waals surface area contributed by atoms with Crippen molar-refractivity contribution in [1.29, 1.82) is 0 Å². The summed E-state index contributed by atoms with van der Waals surface area (Å²) in [6.45, 7) is 5.30. The standard InChI is InChI=1S/C15H21NO3/c1-4-16(15(2,3)14(18)19)13(17)11-10-12-8-6-5-7-9-12/h5-9H,4,10-11H2,1-3H3,(H,18,19). The van der Waals surface area contributed by atoms with Crippen LogP contribution in [-0.2, 0) is 16.0 Å². The van der Waals surface area contributed by atoms with Crippen LogP contribution in [0.3, 0.4) is 0 Å². The van der Waals surface area contributed by atoms with Crippen molar-refractivity contribution >= 4 is 11.9 Å². The van der Waals surface area contributed by atoms with Gasteiger partial charge in [0.05, 0.1) is 0 Å². The van der Waals surface area contributed by atoms with Crippen LogP contribution < -0.4 is 0 Å². The highest BCUT2D eigenvalue weighted by atomic mass is 16.4. The Hall–Kier alpha value is -1.84. The van der Waals surface area contributed by atoms with E-state index in [1.54, 1.807) is 20.8 Å². The second-order valence-corrected chi connectivity index (χ2v) is 4.99. The summed E-state index contributed by atoms with van der Waals surface area (Å²) in [6, 6.07) is 9.71. The first-order valence-corrected chi connectivity index (χ1v) is 6.47. The molecule has 0 aromatic heterocycles. The van der Waals surface area contributed by atoms with Gasteiger partial charge in [-0.15, -0.1) is 0 Å². The third-order valence-electron chi connectivity index (χ3n) is 3.29. The Balaban J connectivity index is 2.68. The molecule has 0 saturated carbocycles. The van der Waals surface area contributed by atoms with Crippen LogP contribution in [0.25, 0.3) is 0 Å². The summed E-state index contributed by atoms with van der Waals surface area (Å²) in [4.78, 5) is 24.8. The number of hydrogen-bond acceptors (Lipinski definition) is 2. The van der Waals surface area contributed by atoms with E-state index in [0.717, 1.165) is 5.56 Å². The molecule has 0 aliphatic heterocycles. The Bertz CT molecular complexity index is 440. The lowest BCUT2D eigenvalue weighted by Crippen LogP contribution is -2.52. The lowest BCUT2D eigenvalue weighted by molar-refractivity contribution is -0.156. The molecule has 0 saturated heterocycles. The minimum Gasteiger partial charge on any atom is -0.480 e. The summed E-state index contributed by atoms with van der Waals surface area (Å²) >= 11 is 0. The molecule has 104 valence electrons. The largest absolute Gasteiger partial charge is 0.480 e. The summed E-state index contributed by atoms with van der Waals surface area (Å²) in [5.74, 6) is -1.11. The van der Waals surface area contributed by atoms with E-state index in [1.165, 1.54) is 4.90 Å². The lowest BCUT2D eigenvalue weighted by atomic mass is 10.0. The predicted molar refractivity (Wildman–Crippen MR) is 73.9 cm³/mol. The normalized spacial score (nSPS) is 11.1. The number of amides is 1. The van der Waals surface area contributed by atoms with Gasteiger partial charge >= 0.3 is 5.97 Å². The number of benzene rings is 1. The number of aryl methyl sites for hydroxylation is 1. The zero-order valence-corrected chi connectivity index (χ0v) is 11.7. The van der Waals surface area contributed by atoms with E-state index in [4.69, 9.17) is 0 Å². The number of hydrogen-bond donors (Lipinski definition) is 1. The van der Waals surface area contributed by atoms with Crippen LogP contribution in [0.2, 0.25) is 0 Å². The number of rotatable bonds is 6. The fourth-order valence-corrected chi connectivity index (χ4v) is 2.03. The van der Waals surface area contributed by atoms with Gasteiger partial charge in [-0.3, -0.25) is 4.79 Å². The van der Waals surface area contributed by atoms with Crippen LogP contribution in [-0.4, -0.2) is 34.0 Å². The zero-order valence-electron chi connectivity index (χ0n) is 11.7. The lowest BCUT2D eigenvalue weighted by Gasteiger charge is -2.34. The van der Waals surface area contributed by atoms with Crippen molar-refractivity contribution in [2.75, 3.05) is 6.54 Å². The summed E-state index contributed by atoms with van der Waals surface area (Å²) in [6.07, 6.45) is 0.959. The fraction of sp³-hybridized carbons (Fsp3) is 0.467. The van der Waals surface area contributed by atoms with Gasteiger partial charge in [0, 0.05) is 13.0 Å². The minimum atomic E-state index is -1.16. The zero-order chi connectivity index (χ0) is 14.5. The molecule has 1 N–H and O–H groups in total.